The van der Waals surface area contributed by atoms with Crippen molar-refractivity contribution in [2.45, 2.75) is 39.3 Å². The zero-order valence-corrected chi connectivity index (χ0v) is 11.1. The van der Waals surface area contributed by atoms with E-state index < -0.39 is 9.84 Å². The Morgan fingerprint density at radius 2 is 1.87 bits per heavy atom. The molecule has 15 heavy (non-hydrogen) atoms. The Morgan fingerprint density at radius 3 is 2.27 bits per heavy atom. The molecule has 0 aromatic carbocycles. The molecule has 92 valence electrons. The van der Waals surface area contributed by atoms with Gasteiger partial charge in [0.25, 0.3) is 0 Å². The highest BCUT2D eigenvalue weighted by Gasteiger charge is 2.11. The third kappa shape index (κ3) is 11.8. The Bertz CT molecular complexity index is 267. The van der Waals surface area contributed by atoms with Gasteiger partial charge in [0.2, 0.25) is 0 Å². The van der Waals surface area contributed by atoms with Crippen molar-refractivity contribution in [1.82, 2.24) is 5.32 Å². The lowest BCUT2D eigenvalue weighted by Crippen LogP contribution is -2.36. The van der Waals surface area contributed by atoms with Crippen LogP contribution in [0.4, 0.5) is 0 Å². The van der Waals surface area contributed by atoms with Gasteiger partial charge in [0.1, 0.15) is 9.84 Å². The molecule has 0 aromatic rings. The van der Waals surface area contributed by atoms with Gasteiger partial charge in [-0.05, 0) is 27.7 Å². The number of ether oxygens (including phenoxy) is 1. The van der Waals surface area contributed by atoms with E-state index in [1.165, 1.54) is 6.26 Å². The van der Waals surface area contributed by atoms with Crippen LogP contribution in [0.25, 0.3) is 0 Å². The van der Waals surface area contributed by atoms with E-state index >= 15 is 0 Å². The fraction of sp³-hybridized carbons (Fsp3) is 1.00. The van der Waals surface area contributed by atoms with Gasteiger partial charge in [-0.2, -0.15) is 0 Å². The summed E-state index contributed by atoms with van der Waals surface area (Å²) in [6.07, 6.45) is 1.25. The monoisotopic (exact) mass is 237 g/mol. The fourth-order valence-corrected chi connectivity index (χ4v) is 2.20. The SMILES string of the molecule is CC(CS(C)(=O)=O)NCCOC(C)(C)C. The maximum absolute atomic E-state index is 11.0. The van der Waals surface area contributed by atoms with Gasteiger partial charge in [0.05, 0.1) is 18.0 Å². The van der Waals surface area contributed by atoms with Gasteiger partial charge in [0, 0.05) is 18.8 Å². The van der Waals surface area contributed by atoms with E-state index in [0.29, 0.717) is 13.2 Å². The van der Waals surface area contributed by atoms with Crippen molar-refractivity contribution in [2.24, 2.45) is 0 Å². The van der Waals surface area contributed by atoms with Gasteiger partial charge >= 0.3 is 0 Å². The van der Waals surface area contributed by atoms with E-state index in [0.717, 1.165) is 0 Å². The Balaban J connectivity index is 3.61. The van der Waals surface area contributed by atoms with Crippen LogP contribution in [0.3, 0.4) is 0 Å². The van der Waals surface area contributed by atoms with Crippen molar-refractivity contribution in [2.75, 3.05) is 25.2 Å². The average Bonchev–Trinajstić information content (AvgIpc) is 1.92. The van der Waals surface area contributed by atoms with Crippen LogP contribution in [-0.2, 0) is 14.6 Å². The van der Waals surface area contributed by atoms with Crippen molar-refractivity contribution in [3.05, 3.63) is 0 Å². The minimum atomic E-state index is -2.89. The Morgan fingerprint density at radius 1 is 1.33 bits per heavy atom. The van der Waals surface area contributed by atoms with Crippen molar-refractivity contribution in [3.63, 3.8) is 0 Å². The molecule has 0 fully saturated rings. The first-order valence-electron chi connectivity index (χ1n) is 5.15. The Labute approximate surface area is 93.3 Å². The van der Waals surface area contributed by atoms with Gasteiger partial charge in [-0.15, -0.1) is 0 Å². The lowest BCUT2D eigenvalue weighted by Gasteiger charge is -2.20. The molecule has 0 radical (unpaired) electrons. The molecule has 4 nitrogen and oxygen atoms in total. The molecule has 0 aromatic heterocycles. The third-order valence-corrected chi connectivity index (χ3v) is 2.79. The van der Waals surface area contributed by atoms with Crippen LogP contribution in [0, 0.1) is 0 Å². The number of rotatable bonds is 6. The second-order valence-corrected chi connectivity index (χ2v) is 7.09. The molecule has 0 spiro atoms. The summed E-state index contributed by atoms with van der Waals surface area (Å²) in [5.74, 6) is 0.169. The summed E-state index contributed by atoms with van der Waals surface area (Å²) in [6.45, 7) is 9.11. The van der Waals surface area contributed by atoms with E-state index in [1.54, 1.807) is 0 Å². The highest BCUT2D eigenvalue weighted by Crippen LogP contribution is 2.05. The van der Waals surface area contributed by atoms with Gasteiger partial charge in [-0.25, -0.2) is 8.42 Å². The first-order chi connectivity index (χ1) is 6.60. The first-order valence-corrected chi connectivity index (χ1v) is 7.21. The van der Waals surface area contributed by atoms with Crippen LogP contribution in [0.5, 0.6) is 0 Å². The quantitative estimate of drug-likeness (QED) is 0.695. The van der Waals surface area contributed by atoms with Gasteiger partial charge in [-0.1, -0.05) is 0 Å². The fourth-order valence-electron chi connectivity index (χ4n) is 1.18. The number of hydrogen-bond donors (Lipinski definition) is 1. The van der Waals surface area contributed by atoms with Crippen molar-refractivity contribution in [1.29, 1.82) is 0 Å². The summed E-state index contributed by atoms with van der Waals surface area (Å²) >= 11 is 0. The molecule has 0 bridgehead atoms. The lowest BCUT2D eigenvalue weighted by molar-refractivity contribution is -0.00131. The zero-order chi connectivity index (χ0) is 12.1. The van der Waals surface area contributed by atoms with Crippen LogP contribution in [0.15, 0.2) is 0 Å². The van der Waals surface area contributed by atoms with E-state index in [4.69, 9.17) is 4.74 Å². The first kappa shape index (κ1) is 14.9. The van der Waals surface area contributed by atoms with Crippen molar-refractivity contribution in [3.8, 4) is 0 Å². The molecular formula is C10H23NO3S. The van der Waals surface area contributed by atoms with Crippen LogP contribution < -0.4 is 5.32 Å². The molecule has 1 unspecified atom stereocenters. The Hall–Kier alpha value is -0.130. The molecule has 0 aliphatic carbocycles. The van der Waals surface area contributed by atoms with Crippen LogP contribution in [-0.4, -0.2) is 45.2 Å². The molecular weight excluding hydrogens is 214 g/mol. The molecule has 0 amide bonds. The molecule has 0 aliphatic heterocycles. The van der Waals surface area contributed by atoms with E-state index in [9.17, 15) is 8.42 Å². The lowest BCUT2D eigenvalue weighted by atomic mass is 10.2. The van der Waals surface area contributed by atoms with E-state index in [1.807, 2.05) is 27.7 Å². The summed E-state index contributed by atoms with van der Waals surface area (Å²) in [5, 5.41) is 3.11. The predicted octanol–water partition coefficient (Wildman–Crippen LogP) is 0.824. The van der Waals surface area contributed by atoms with Crippen LogP contribution in [0.2, 0.25) is 0 Å². The second-order valence-electron chi connectivity index (χ2n) is 4.91. The maximum Gasteiger partial charge on any atom is 0.148 e. The minimum Gasteiger partial charge on any atom is -0.375 e. The van der Waals surface area contributed by atoms with E-state index in [-0.39, 0.29) is 17.4 Å². The highest BCUT2D eigenvalue weighted by molar-refractivity contribution is 7.90. The smallest absolute Gasteiger partial charge is 0.148 e. The number of hydrogen-bond acceptors (Lipinski definition) is 4. The second kappa shape index (κ2) is 5.82. The summed E-state index contributed by atoms with van der Waals surface area (Å²) in [7, 11) is -2.89. The molecule has 0 rings (SSSR count). The molecule has 0 heterocycles. The average molecular weight is 237 g/mol. The molecule has 1 atom stereocenters. The summed E-state index contributed by atoms with van der Waals surface area (Å²) in [6, 6.07) is -0.0245. The topological polar surface area (TPSA) is 55.4 Å². The molecule has 0 saturated heterocycles. The van der Waals surface area contributed by atoms with E-state index in [2.05, 4.69) is 5.32 Å². The number of sulfone groups is 1. The predicted molar refractivity (Wildman–Crippen MR) is 62.9 cm³/mol. The van der Waals surface area contributed by atoms with Crippen molar-refractivity contribution < 1.29 is 13.2 Å². The summed E-state index contributed by atoms with van der Waals surface area (Å²) in [5.41, 5.74) is -0.137. The summed E-state index contributed by atoms with van der Waals surface area (Å²) in [4.78, 5) is 0. The van der Waals surface area contributed by atoms with Crippen LogP contribution in [0.1, 0.15) is 27.7 Å². The Kier molecular flexibility index (Phi) is 5.77. The largest absolute Gasteiger partial charge is 0.375 e. The van der Waals surface area contributed by atoms with Gasteiger partial charge in [0.15, 0.2) is 0 Å². The van der Waals surface area contributed by atoms with Gasteiger partial charge < -0.3 is 10.1 Å². The minimum absolute atomic E-state index is 0.0245. The summed E-state index contributed by atoms with van der Waals surface area (Å²) < 4.78 is 27.4. The molecule has 5 heteroatoms. The van der Waals surface area contributed by atoms with Crippen LogP contribution >= 0.6 is 0 Å². The van der Waals surface area contributed by atoms with Crippen molar-refractivity contribution >= 4 is 9.84 Å². The van der Waals surface area contributed by atoms with Gasteiger partial charge in [-0.3, -0.25) is 0 Å². The number of nitrogens with one attached hydrogen (secondary N) is 1. The molecule has 1 N–H and O–H groups in total. The molecule has 0 saturated carbocycles. The highest BCUT2D eigenvalue weighted by atomic mass is 32.2. The maximum atomic E-state index is 11.0. The standard InChI is InChI=1S/C10H23NO3S/c1-9(8-15(5,12)13)11-6-7-14-10(2,3)4/h9,11H,6-8H2,1-5H3. The zero-order valence-electron chi connectivity index (χ0n) is 10.3. The third-order valence-electron chi connectivity index (χ3n) is 1.68. The molecule has 0 aliphatic rings. The normalized spacial score (nSPS) is 15.3.